The van der Waals surface area contributed by atoms with Crippen molar-refractivity contribution in [3.63, 3.8) is 0 Å². The summed E-state index contributed by atoms with van der Waals surface area (Å²) in [6.07, 6.45) is 2.63. The summed E-state index contributed by atoms with van der Waals surface area (Å²) in [6, 6.07) is 7.57. The predicted octanol–water partition coefficient (Wildman–Crippen LogP) is 2.26. The Hall–Kier alpha value is -1.73. The van der Waals surface area contributed by atoms with Crippen LogP contribution < -0.4 is 9.47 Å². The first kappa shape index (κ1) is 12.7. The van der Waals surface area contributed by atoms with Gasteiger partial charge in [-0.25, -0.2) is 0 Å². The fourth-order valence-corrected chi connectivity index (χ4v) is 1.89. The SMILES string of the molecule is COc1ccc(OCC2(CC#N)CC2)c(CO)c1. The molecule has 0 atom stereocenters. The predicted molar refractivity (Wildman–Crippen MR) is 66.3 cm³/mol. The van der Waals surface area contributed by atoms with Crippen LogP contribution in [0.25, 0.3) is 0 Å². The minimum atomic E-state index is -0.0855. The van der Waals surface area contributed by atoms with E-state index >= 15 is 0 Å². The van der Waals surface area contributed by atoms with Crippen LogP contribution in [-0.4, -0.2) is 18.8 Å². The van der Waals surface area contributed by atoms with Crippen LogP contribution in [0.5, 0.6) is 11.5 Å². The van der Waals surface area contributed by atoms with Crippen LogP contribution in [0.2, 0.25) is 0 Å². The van der Waals surface area contributed by atoms with E-state index in [0.717, 1.165) is 12.8 Å². The standard InChI is InChI=1S/C14H17NO3/c1-17-12-2-3-13(11(8-12)9-16)18-10-14(4-5-14)6-7-15/h2-3,8,16H,4-6,9-10H2,1H3. The van der Waals surface area contributed by atoms with Crippen LogP contribution in [0.4, 0.5) is 0 Å². The fraction of sp³-hybridized carbons (Fsp3) is 0.500. The van der Waals surface area contributed by atoms with Crippen molar-refractivity contribution in [1.82, 2.24) is 0 Å². The molecule has 1 aromatic carbocycles. The van der Waals surface area contributed by atoms with Crippen molar-refractivity contribution in [3.8, 4) is 17.6 Å². The molecule has 1 aromatic rings. The van der Waals surface area contributed by atoms with Crippen molar-refractivity contribution >= 4 is 0 Å². The number of aliphatic hydroxyl groups excluding tert-OH is 1. The van der Waals surface area contributed by atoms with Crippen molar-refractivity contribution < 1.29 is 14.6 Å². The number of ether oxygens (including phenoxy) is 2. The molecule has 1 saturated carbocycles. The number of rotatable bonds is 6. The Kier molecular flexibility index (Phi) is 3.73. The van der Waals surface area contributed by atoms with E-state index in [9.17, 15) is 5.11 Å². The second kappa shape index (κ2) is 5.28. The van der Waals surface area contributed by atoms with Crippen molar-refractivity contribution in [2.24, 2.45) is 5.41 Å². The first-order chi connectivity index (χ1) is 8.73. The van der Waals surface area contributed by atoms with Gasteiger partial charge >= 0.3 is 0 Å². The lowest BCUT2D eigenvalue weighted by Crippen LogP contribution is -2.13. The van der Waals surface area contributed by atoms with Gasteiger partial charge in [-0.2, -0.15) is 5.26 Å². The molecule has 1 aliphatic carbocycles. The third-order valence-corrected chi connectivity index (χ3v) is 3.38. The Labute approximate surface area is 107 Å². The zero-order chi connectivity index (χ0) is 13.0. The second-order valence-electron chi connectivity index (χ2n) is 4.76. The zero-order valence-corrected chi connectivity index (χ0v) is 10.5. The highest BCUT2D eigenvalue weighted by atomic mass is 16.5. The number of hydrogen-bond acceptors (Lipinski definition) is 4. The van der Waals surface area contributed by atoms with Gasteiger partial charge < -0.3 is 14.6 Å². The van der Waals surface area contributed by atoms with Crippen LogP contribution in [0, 0.1) is 16.7 Å². The minimum Gasteiger partial charge on any atom is -0.497 e. The second-order valence-corrected chi connectivity index (χ2v) is 4.76. The quantitative estimate of drug-likeness (QED) is 0.837. The molecular weight excluding hydrogens is 230 g/mol. The van der Waals surface area contributed by atoms with Crippen molar-refractivity contribution in [2.45, 2.75) is 25.9 Å². The van der Waals surface area contributed by atoms with Gasteiger partial charge in [-0.05, 0) is 31.0 Å². The lowest BCUT2D eigenvalue weighted by Gasteiger charge is -2.15. The zero-order valence-electron chi connectivity index (χ0n) is 10.5. The molecule has 18 heavy (non-hydrogen) atoms. The number of methoxy groups -OCH3 is 1. The smallest absolute Gasteiger partial charge is 0.125 e. The summed E-state index contributed by atoms with van der Waals surface area (Å²) in [5, 5.41) is 18.0. The van der Waals surface area contributed by atoms with E-state index in [1.165, 1.54) is 0 Å². The summed E-state index contributed by atoms with van der Waals surface area (Å²) in [5.74, 6) is 1.37. The summed E-state index contributed by atoms with van der Waals surface area (Å²) < 4.78 is 10.8. The summed E-state index contributed by atoms with van der Waals surface area (Å²) in [4.78, 5) is 0. The Bertz CT molecular complexity index is 461. The van der Waals surface area contributed by atoms with Gasteiger partial charge in [0, 0.05) is 17.4 Å². The molecule has 1 fully saturated rings. The molecule has 0 unspecified atom stereocenters. The van der Waals surface area contributed by atoms with E-state index in [1.54, 1.807) is 25.3 Å². The molecule has 0 heterocycles. The summed E-state index contributed by atoms with van der Waals surface area (Å²) in [7, 11) is 1.59. The Morgan fingerprint density at radius 2 is 2.22 bits per heavy atom. The van der Waals surface area contributed by atoms with Gasteiger partial charge in [0.1, 0.15) is 11.5 Å². The molecule has 4 nitrogen and oxygen atoms in total. The van der Waals surface area contributed by atoms with Crippen LogP contribution >= 0.6 is 0 Å². The van der Waals surface area contributed by atoms with Crippen LogP contribution in [0.3, 0.4) is 0 Å². The Morgan fingerprint density at radius 1 is 1.44 bits per heavy atom. The van der Waals surface area contributed by atoms with E-state index < -0.39 is 0 Å². The molecule has 96 valence electrons. The molecule has 0 radical (unpaired) electrons. The van der Waals surface area contributed by atoms with Gasteiger partial charge in [0.05, 0.1) is 26.4 Å². The van der Waals surface area contributed by atoms with E-state index in [1.807, 2.05) is 0 Å². The summed E-state index contributed by atoms with van der Waals surface area (Å²) >= 11 is 0. The average Bonchev–Trinajstić information content (AvgIpc) is 3.17. The summed E-state index contributed by atoms with van der Waals surface area (Å²) in [5.41, 5.74) is 0.753. The van der Waals surface area contributed by atoms with Gasteiger partial charge in [0.2, 0.25) is 0 Å². The Balaban J connectivity index is 2.03. The molecular formula is C14H17NO3. The molecule has 0 saturated heterocycles. The maximum absolute atomic E-state index is 9.30. The van der Waals surface area contributed by atoms with Crippen molar-refractivity contribution in [1.29, 1.82) is 5.26 Å². The number of nitrogens with zero attached hydrogens (tertiary/aromatic N) is 1. The normalized spacial score (nSPS) is 15.8. The Morgan fingerprint density at radius 3 is 2.78 bits per heavy atom. The molecule has 0 spiro atoms. The maximum Gasteiger partial charge on any atom is 0.125 e. The first-order valence-electron chi connectivity index (χ1n) is 6.00. The third-order valence-electron chi connectivity index (χ3n) is 3.38. The molecule has 0 bridgehead atoms. The van der Waals surface area contributed by atoms with Gasteiger partial charge in [0.25, 0.3) is 0 Å². The highest BCUT2D eigenvalue weighted by molar-refractivity contribution is 5.40. The molecule has 2 rings (SSSR count). The molecule has 0 aliphatic heterocycles. The van der Waals surface area contributed by atoms with Crippen LogP contribution in [-0.2, 0) is 6.61 Å². The summed E-state index contributed by atoms with van der Waals surface area (Å²) in [6.45, 7) is 0.456. The van der Waals surface area contributed by atoms with Crippen LogP contribution in [0.15, 0.2) is 18.2 Å². The molecule has 1 aliphatic rings. The minimum absolute atomic E-state index is 0.0431. The van der Waals surface area contributed by atoms with Gasteiger partial charge in [-0.15, -0.1) is 0 Å². The van der Waals surface area contributed by atoms with Gasteiger partial charge in [0.15, 0.2) is 0 Å². The lowest BCUT2D eigenvalue weighted by molar-refractivity contribution is 0.222. The van der Waals surface area contributed by atoms with E-state index in [0.29, 0.717) is 30.1 Å². The van der Waals surface area contributed by atoms with E-state index in [-0.39, 0.29) is 12.0 Å². The number of benzene rings is 1. The maximum atomic E-state index is 9.30. The molecule has 0 amide bonds. The lowest BCUT2D eigenvalue weighted by atomic mass is 10.1. The van der Waals surface area contributed by atoms with Gasteiger partial charge in [-0.3, -0.25) is 0 Å². The third kappa shape index (κ3) is 2.74. The number of aliphatic hydroxyl groups is 1. The average molecular weight is 247 g/mol. The first-order valence-corrected chi connectivity index (χ1v) is 6.00. The molecule has 1 N–H and O–H groups in total. The monoisotopic (exact) mass is 247 g/mol. The fourth-order valence-electron chi connectivity index (χ4n) is 1.89. The topological polar surface area (TPSA) is 62.5 Å². The van der Waals surface area contributed by atoms with Crippen molar-refractivity contribution in [3.05, 3.63) is 23.8 Å². The van der Waals surface area contributed by atoms with Crippen LogP contribution in [0.1, 0.15) is 24.8 Å². The van der Waals surface area contributed by atoms with Gasteiger partial charge in [-0.1, -0.05) is 0 Å². The molecule has 4 heteroatoms. The molecule has 0 aromatic heterocycles. The van der Waals surface area contributed by atoms with Crippen molar-refractivity contribution in [2.75, 3.05) is 13.7 Å². The number of nitriles is 1. The largest absolute Gasteiger partial charge is 0.497 e. The highest BCUT2D eigenvalue weighted by Gasteiger charge is 2.43. The van der Waals surface area contributed by atoms with E-state index in [4.69, 9.17) is 14.7 Å². The number of hydrogen-bond donors (Lipinski definition) is 1. The highest BCUT2D eigenvalue weighted by Crippen LogP contribution is 2.48. The van der Waals surface area contributed by atoms with E-state index in [2.05, 4.69) is 6.07 Å².